The summed E-state index contributed by atoms with van der Waals surface area (Å²) in [5.74, 6) is -0.0936. The highest BCUT2D eigenvalue weighted by Gasteiger charge is 2.28. The maximum atomic E-state index is 13.3. The third kappa shape index (κ3) is 10.2. The molecule has 0 aliphatic carbocycles. The van der Waals surface area contributed by atoms with Crippen LogP contribution >= 0.6 is 0 Å². The Kier molecular flexibility index (Phi) is 11.9. The average Bonchev–Trinajstić information content (AvgIpc) is 3.23. The maximum absolute atomic E-state index is 13.3. The number of carbonyl (C=O) groups is 4. The van der Waals surface area contributed by atoms with E-state index in [9.17, 15) is 19.2 Å². The van der Waals surface area contributed by atoms with Crippen LogP contribution in [0.5, 0.6) is 5.75 Å². The zero-order valence-electron chi connectivity index (χ0n) is 23.9. The number of carbonyl (C=O) groups excluding carboxylic acids is 4. The van der Waals surface area contributed by atoms with Gasteiger partial charge in [0.1, 0.15) is 24.9 Å². The molecule has 0 bridgehead atoms. The van der Waals surface area contributed by atoms with Crippen molar-refractivity contribution in [1.29, 1.82) is 0 Å². The van der Waals surface area contributed by atoms with E-state index in [1.54, 1.807) is 24.3 Å². The van der Waals surface area contributed by atoms with E-state index in [0.717, 1.165) is 37.9 Å². The van der Waals surface area contributed by atoms with E-state index in [1.165, 1.54) is 6.21 Å². The predicted octanol–water partition coefficient (Wildman–Crippen LogP) is 1.61. The molecule has 12 nitrogen and oxygen atoms in total. The van der Waals surface area contributed by atoms with Crippen molar-refractivity contribution < 1.29 is 28.7 Å². The number of urea groups is 1. The van der Waals surface area contributed by atoms with Crippen molar-refractivity contribution in [2.75, 3.05) is 46.0 Å². The Morgan fingerprint density at radius 3 is 2.33 bits per heavy atom. The first-order valence-corrected chi connectivity index (χ1v) is 13.9. The Labute approximate surface area is 235 Å². The van der Waals surface area contributed by atoms with Crippen LogP contribution in [0.1, 0.15) is 50.9 Å². The summed E-state index contributed by atoms with van der Waals surface area (Å²) in [6.07, 6.45) is 2.46. The fourth-order valence-corrected chi connectivity index (χ4v) is 4.40. The number of imide groups is 1. The van der Waals surface area contributed by atoms with Gasteiger partial charge in [0.2, 0.25) is 11.8 Å². The van der Waals surface area contributed by atoms with Gasteiger partial charge in [-0.05, 0) is 48.9 Å². The summed E-state index contributed by atoms with van der Waals surface area (Å²) in [7, 11) is 0. The third-order valence-electron chi connectivity index (χ3n) is 6.44. The Hall–Kier alpha value is -3.51. The molecule has 2 aliphatic rings. The van der Waals surface area contributed by atoms with Crippen LogP contribution in [0.15, 0.2) is 29.4 Å². The minimum atomic E-state index is -0.767. The van der Waals surface area contributed by atoms with Gasteiger partial charge in [-0.2, -0.15) is 5.10 Å². The maximum Gasteiger partial charge on any atom is 0.344 e. The Morgan fingerprint density at radius 1 is 1.05 bits per heavy atom. The Balaban J connectivity index is 1.57. The van der Waals surface area contributed by atoms with Gasteiger partial charge in [-0.15, -0.1) is 0 Å². The molecule has 3 N–H and O–H groups in total. The zero-order valence-corrected chi connectivity index (χ0v) is 23.9. The predicted molar refractivity (Wildman–Crippen MR) is 150 cm³/mol. The Morgan fingerprint density at radius 2 is 1.73 bits per heavy atom. The quantitative estimate of drug-likeness (QED) is 0.233. The molecule has 12 heteroatoms. The number of hydrogen-bond acceptors (Lipinski definition) is 8. The van der Waals surface area contributed by atoms with Crippen LogP contribution < -0.4 is 20.7 Å². The van der Waals surface area contributed by atoms with Crippen LogP contribution in [-0.4, -0.2) is 98.0 Å². The standard InChI is InChI=1S/C28H42N6O6/c1-19(2)15-22(17-29-34-18-25(35)32-28(34)38)30-27(37)24(16-20(3)4)31-26(36)21-5-7-23(8-6-21)40-14-11-33-9-12-39-13-10-33/h5-8,17,19-20,22,24H,9-16,18H2,1-4H3,(H,30,37)(H,31,36)(H,32,35,38)/b29-17+/t22-,24-/m0/s1. The van der Waals surface area contributed by atoms with E-state index >= 15 is 0 Å². The van der Waals surface area contributed by atoms with E-state index in [4.69, 9.17) is 9.47 Å². The molecule has 3 rings (SSSR count). The number of morpholine rings is 1. The number of rotatable bonds is 14. The monoisotopic (exact) mass is 558 g/mol. The van der Waals surface area contributed by atoms with Crippen LogP contribution in [0.3, 0.4) is 0 Å². The fraction of sp³-hybridized carbons (Fsp3) is 0.607. The van der Waals surface area contributed by atoms with Crippen molar-refractivity contribution >= 4 is 30.0 Å². The molecule has 2 fully saturated rings. The van der Waals surface area contributed by atoms with Gasteiger partial charge in [-0.3, -0.25) is 24.6 Å². The number of ether oxygens (including phenoxy) is 2. The number of hydrogen-bond donors (Lipinski definition) is 3. The first-order valence-electron chi connectivity index (χ1n) is 13.9. The average molecular weight is 559 g/mol. The van der Waals surface area contributed by atoms with Gasteiger partial charge in [-0.1, -0.05) is 27.7 Å². The minimum Gasteiger partial charge on any atom is -0.492 e. The van der Waals surface area contributed by atoms with Gasteiger partial charge >= 0.3 is 6.03 Å². The molecular formula is C28H42N6O6. The summed E-state index contributed by atoms with van der Waals surface area (Å²) >= 11 is 0. The van der Waals surface area contributed by atoms with E-state index < -0.39 is 24.0 Å². The van der Waals surface area contributed by atoms with Crippen LogP contribution in [0.2, 0.25) is 0 Å². The summed E-state index contributed by atoms with van der Waals surface area (Å²) < 4.78 is 11.2. The normalized spacial score (nSPS) is 17.8. The number of hydrazone groups is 1. The Bertz CT molecular complexity index is 1040. The molecule has 0 unspecified atom stereocenters. The molecule has 40 heavy (non-hydrogen) atoms. The summed E-state index contributed by atoms with van der Waals surface area (Å²) in [4.78, 5) is 51.8. The van der Waals surface area contributed by atoms with Crippen LogP contribution in [0.4, 0.5) is 4.79 Å². The first-order chi connectivity index (χ1) is 19.1. The van der Waals surface area contributed by atoms with E-state index in [-0.39, 0.29) is 30.2 Å². The molecular weight excluding hydrogens is 516 g/mol. The smallest absolute Gasteiger partial charge is 0.344 e. The highest BCUT2D eigenvalue weighted by Crippen LogP contribution is 2.14. The second-order valence-electron chi connectivity index (χ2n) is 10.9. The molecule has 5 amide bonds. The second kappa shape index (κ2) is 15.3. The lowest BCUT2D eigenvalue weighted by molar-refractivity contribution is -0.123. The summed E-state index contributed by atoms with van der Waals surface area (Å²) in [5, 5.41) is 13.1. The van der Waals surface area contributed by atoms with Crippen molar-refractivity contribution in [3.63, 3.8) is 0 Å². The third-order valence-corrected chi connectivity index (χ3v) is 6.44. The number of nitrogens with zero attached hydrogens (tertiary/aromatic N) is 3. The lowest BCUT2D eigenvalue weighted by Gasteiger charge is -2.26. The van der Waals surface area contributed by atoms with Gasteiger partial charge in [0, 0.05) is 31.4 Å². The molecule has 0 spiro atoms. The number of amides is 5. The highest BCUT2D eigenvalue weighted by molar-refractivity contribution is 6.02. The van der Waals surface area contributed by atoms with Crippen molar-refractivity contribution in [2.45, 2.75) is 52.6 Å². The summed E-state index contributed by atoms with van der Waals surface area (Å²) in [5.41, 5.74) is 0.423. The topological polar surface area (TPSA) is 142 Å². The van der Waals surface area contributed by atoms with E-state index in [0.29, 0.717) is 30.8 Å². The molecule has 220 valence electrons. The molecule has 2 heterocycles. The van der Waals surface area contributed by atoms with Gasteiger partial charge in [0.05, 0.1) is 19.3 Å². The molecule has 0 saturated carbocycles. The van der Waals surface area contributed by atoms with Gasteiger partial charge in [0.15, 0.2) is 0 Å². The molecule has 1 aromatic carbocycles. The zero-order chi connectivity index (χ0) is 29.1. The lowest BCUT2D eigenvalue weighted by atomic mass is 10.0. The summed E-state index contributed by atoms with van der Waals surface area (Å²) in [6.45, 7) is 12.4. The fourth-order valence-electron chi connectivity index (χ4n) is 4.40. The largest absolute Gasteiger partial charge is 0.492 e. The first kappa shape index (κ1) is 31.0. The van der Waals surface area contributed by atoms with Gasteiger partial charge in [-0.25, -0.2) is 9.80 Å². The molecule has 2 atom stereocenters. The SMILES string of the molecule is CC(C)C[C@@H](/C=N/N1CC(=O)NC1=O)NC(=O)[C@H](CC(C)C)NC(=O)c1ccc(OCCN2CCOCC2)cc1. The number of benzene rings is 1. The minimum absolute atomic E-state index is 0.148. The molecule has 1 aromatic rings. The van der Waals surface area contributed by atoms with Crippen molar-refractivity contribution in [2.24, 2.45) is 16.9 Å². The van der Waals surface area contributed by atoms with Crippen LogP contribution in [0.25, 0.3) is 0 Å². The van der Waals surface area contributed by atoms with Crippen molar-refractivity contribution in [1.82, 2.24) is 25.9 Å². The summed E-state index contributed by atoms with van der Waals surface area (Å²) in [6, 6.07) is 5.00. The molecule has 2 saturated heterocycles. The lowest BCUT2D eigenvalue weighted by Crippen LogP contribution is -2.51. The number of nitrogens with one attached hydrogen (secondary N) is 3. The molecule has 0 aromatic heterocycles. The highest BCUT2D eigenvalue weighted by atomic mass is 16.5. The van der Waals surface area contributed by atoms with E-state index in [2.05, 4.69) is 26.0 Å². The van der Waals surface area contributed by atoms with Crippen LogP contribution in [-0.2, 0) is 14.3 Å². The van der Waals surface area contributed by atoms with Gasteiger partial charge < -0.3 is 20.1 Å². The van der Waals surface area contributed by atoms with Crippen LogP contribution in [0, 0.1) is 11.8 Å². The molecule has 0 radical (unpaired) electrons. The van der Waals surface area contributed by atoms with Gasteiger partial charge in [0.25, 0.3) is 5.91 Å². The second-order valence-corrected chi connectivity index (χ2v) is 10.9. The van der Waals surface area contributed by atoms with Crippen molar-refractivity contribution in [3.05, 3.63) is 29.8 Å². The van der Waals surface area contributed by atoms with Crippen molar-refractivity contribution in [3.8, 4) is 5.75 Å². The molecule has 2 aliphatic heterocycles. The van der Waals surface area contributed by atoms with E-state index in [1.807, 2.05) is 27.7 Å².